The van der Waals surface area contributed by atoms with Gasteiger partial charge in [0.2, 0.25) is 0 Å². The maximum absolute atomic E-state index is 5.87. The Morgan fingerprint density at radius 3 is 2.72 bits per heavy atom. The Kier molecular flexibility index (Phi) is 7.91. The molecule has 2 aromatic heterocycles. The summed E-state index contributed by atoms with van der Waals surface area (Å²) >= 11 is 0. The quantitative estimate of drug-likeness (QED) is 0.346. The lowest BCUT2D eigenvalue weighted by atomic mass is 10.1. The second kappa shape index (κ2) is 10.5. The summed E-state index contributed by atoms with van der Waals surface area (Å²) in [6.45, 7) is 3.31. The van der Waals surface area contributed by atoms with Crippen LogP contribution in [0.3, 0.4) is 0 Å². The molecule has 0 bridgehead atoms. The third kappa shape index (κ3) is 6.54. The Labute approximate surface area is 148 Å². The zero-order valence-electron chi connectivity index (χ0n) is 14.9. The molecule has 0 aromatic carbocycles. The van der Waals surface area contributed by atoms with E-state index >= 15 is 0 Å². The summed E-state index contributed by atoms with van der Waals surface area (Å²) in [6.07, 6.45) is 8.89. The molecule has 0 saturated carbocycles. The smallest absolute Gasteiger partial charge is 0.302 e. The molecule has 0 aliphatic rings. The number of unbranched alkanes of at least 4 members (excludes halogenated alkanes) is 5. The van der Waals surface area contributed by atoms with Crippen LogP contribution >= 0.6 is 0 Å². The summed E-state index contributed by atoms with van der Waals surface area (Å²) < 4.78 is 5.38. The van der Waals surface area contributed by atoms with Crippen molar-refractivity contribution in [3.8, 4) is 11.4 Å². The fraction of sp³-hybridized carbons (Fsp3) is 0.500. The highest BCUT2D eigenvalue weighted by molar-refractivity contribution is 5.90. The average Bonchev–Trinajstić information content (AvgIpc) is 3.09. The molecule has 5 N–H and O–H groups in total. The van der Waals surface area contributed by atoms with Crippen LogP contribution in [-0.4, -0.2) is 22.5 Å². The molecule has 2 heterocycles. The van der Waals surface area contributed by atoms with Crippen LogP contribution in [0.5, 0.6) is 0 Å². The first-order valence-corrected chi connectivity index (χ1v) is 8.91. The third-order valence-electron chi connectivity index (χ3n) is 3.81. The molecule has 0 aliphatic carbocycles. The molecule has 2 rings (SSSR count). The largest absolute Gasteiger partial charge is 0.431 e. The minimum absolute atomic E-state index is 0.305. The summed E-state index contributed by atoms with van der Waals surface area (Å²) in [7, 11) is 0. The van der Waals surface area contributed by atoms with Gasteiger partial charge in [-0.25, -0.2) is 4.98 Å². The Morgan fingerprint density at radius 2 is 1.92 bits per heavy atom. The molecule has 0 radical (unpaired) electrons. The van der Waals surface area contributed by atoms with Gasteiger partial charge in [0.25, 0.3) is 0 Å². The molecule has 0 unspecified atom stereocenters. The van der Waals surface area contributed by atoms with E-state index in [4.69, 9.17) is 15.9 Å². The highest BCUT2D eigenvalue weighted by Gasteiger charge is 2.08. The van der Waals surface area contributed by atoms with Crippen molar-refractivity contribution in [3.63, 3.8) is 0 Å². The lowest BCUT2D eigenvalue weighted by molar-refractivity contribution is 0.579. The van der Waals surface area contributed by atoms with Crippen molar-refractivity contribution in [1.29, 1.82) is 0 Å². The van der Waals surface area contributed by atoms with Gasteiger partial charge in [-0.05, 0) is 18.6 Å². The summed E-state index contributed by atoms with van der Waals surface area (Å²) in [5.41, 5.74) is 13.6. The predicted molar refractivity (Wildman–Crippen MR) is 101 cm³/mol. The number of aliphatic imine (C=N–C) groups is 1. The molecule has 136 valence electrons. The van der Waals surface area contributed by atoms with Gasteiger partial charge in [0.15, 0.2) is 5.96 Å². The number of hydrogen-bond acceptors (Lipinski definition) is 5. The van der Waals surface area contributed by atoms with Crippen molar-refractivity contribution < 1.29 is 4.42 Å². The van der Waals surface area contributed by atoms with Gasteiger partial charge >= 0.3 is 6.01 Å². The maximum Gasteiger partial charge on any atom is 0.302 e. The van der Waals surface area contributed by atoms with Gasteiger partial charge in [0, 0.05) is 13.1 Å². The van der Waals surface area contributed by atoms with Crippen LogP contribution in [0.25, 0.3) is 11.4 Å². The van der Waals surface area contributed by atoms with Crippen molar-refractivity contribution in [3.05, 3.63) is 30.2 Å². The predicted octanol–water partition coefficient (Wildman–Crippen LogP) is 3.28. The standard InChI is InChI=1S/C18H28N6O/c1-2-3-4-5-6-7-11-21-17(20)24-18-23-16(13-25-18)15-10-8-9-14(12-19)22-15/h8-10,13H,2-7,11-12,19H2,1H3,(H3,20,21,23,24). The molecule has 0 atom stereocenters. The monoisotopic (exact) mass is 344 g/mol. The van der Waals surface area contributed by atoms with Gasteiger partial charge in [-0.2, -0.15) is 4.98 Å². The van der Waals surface area contributed by atoms with Crippen LogP contribution in [0.15, 0.2) is 33.9 Å². The normalized spacial score (nSPS) is 11.7. The Bertz CT molecular complexity index is 667. The summed E-state index contributed by atoms with van der Waals surface area (Å²) in [5.74, 6) is 0.311. The number of nitrogens with two attached hydrogens (primary N) is 2. The summed E-state index contributed by atoms with van der Waals surface area (Å²) in [6, 6.07) is 5.92. The van der Waals surface area contributed by atoms with E-state index in [2.05, 4.69) is 27.2 Å². The van der Waals surface area contributed by atoms with Gasteiger partial charge in [0.05, 0.1) is 11.4 Å². The fourth-order valence-corrected chi connectivity index (χ4v) is 2.43. The van der Waals surface area contributed by atoms with Crippen LogP contribution in [0.1, 0.15) is 51.1 Å². The number of rotatable bonds is 10. The van der Waals surface area contributed by atoms with Gasteiger partial charge in [-0.15, -0.1) is 0 Å². The fourth-order valence-electron chi connectivity index (χ4n) is 2.43. The summed E-state index contributed by atoms with van der Waals surface area (Å²) in [5, 5.41) is 2.87. The van der Waals surface area contributed by atoms with Crippen LogP contribution in [0.2, 0.25) is 0 Å². The lowest BCUT2D eigenvalue weighted by Crippen LogP contribution is -2.23. The number of nitrogens with one attached hydrogen (secondary N) is 1. The number of hydrogen-bond donors (Lipinski definition) is 3. The number of pyridine rings is 1. The zero-order valence-corrected chi connectivity index (χ0v) is 14.9. The summed E-state index contributed by atoms with van der Waals surface area (Å²) in [4.78, 5) is 13.0. The third-order valence-corrected chi connectivity index (χ3v) is 3.81. The molecular formula is C18H28N6O. The topological polar surface area (TPSA) is 115 Å². The van der Waals surface area contributed by atoms with E-state index in [1.54, 1.807) is 0 Å². The first kappa shape index (κ1) is 18.9. The van der Waals surface area contributed by atoms with Crippen molar-refractivity contribution in [2.45, 2.75) is 52.0 Å². The van der Waals surface area contributed by atoms with Crippen molar-refractivity contribution in [2.75, 3.05) is 11.9 Å². The van der Waals surface area contributed by atoms with E-state index in [-0.39, 0.29) is 0 Å². The van der Waals surface area contributed by atoms with Crippen LogP contribution < -0.4 is 16.8 Å². The van der Waals surface area contributed by atoms with Crippen LogP contribution in [0.4, 0.5) is 6.01 Å². The number of nitrogens with zero attached hydrogens (tertiary/aromatic N) is 3. The Hall–Kier alpha value is -2.41. The van der Waals surface area contributed by atoms with Crippen molar-refractivity contribution in [1.82, 2.24) is 9.97 Å². The molecule has 0 aliphatic heterocycles. The Balaban J connectivity index is 1.80. The van der Waals surface area contributed by atoms with E-state index in [9.17, 15) is 0 Å². The van der Waals surface area contributed by atoms with Gasteiger partial charge in [-0.1, -0.05) is 45.1 Å². The van der Waals surface area contributed by atoms with Gasteiger partial charge in [0.1, 0.15) is 12.0 Å². The molecular weight excluding hydrogens is 316 g/mol. The zero-order chi connectivity index (χ0) is 17.9. The molecule has 0 amide bonds. The number of anilines is 1. The van der Waals surface area contributed by atoms with E-state index in [0.717, 1.165) is 12.1 Å². The highest BCUT2D eigenvalue weighted by Crippen LogP contribution is 2.18. The molecule has 0 saturated heterocycles. The first-order valence-electron chi connectivity index (χ1n) is 8.91. The maximum atomic E-state index is 5.87. The minimum Gasteiger partial charge on any atom is -0.431 e. The molecule has 0 spiro atoms. The first-order chi connectivity index (χ1) is 12.2. The van der Waals surface area contributed by atoms with Crippen LogP contribution in [0, 0.1) is 0 Å². The SMILES string of the molecule is CCCCCCCCN=C(N)Nc1nc(-c2cccc(CN)n2)co1. The van der Waals surface area contributed by atoms with Crippen molar-refractivity contribution >= 4 is 12.0 Å². The second-order valence-corrected chi connectivity index (χ2v) is 5.92. The number of oxazole rings is 1. The average molecular weight is 344 g/mol. The van der Waals surface area contributed by atoms with Gasteiger partial charge in [-0.3, -0.25) is 10.3 Å². The molecule has 7 heteroatoms. The van der Waals surface area contributed by atoms with Gasteiger partial charge < -0.3 is 15.9 Å². The van der Waals surface area contributed by atoms with Crippen LogP contribution in [-0.2, 0) is 6.54 Å². The highest BCUT2D eigenvalue weighted by atomic mass is 16.4. The molecule has 7 nitrogen and oxygen atoms in total. The van der Waals surface area contributed by atoms with E-state index in [0.29, 0.717) is 36.5 Å². The molecule has 25 heavy (non-hydrogen) atoms. The van der Waals surface area contributed by atoms with Crippen molar-refractivity contribution in [2.24, 2.45) is 16.5 Å². The number of aromatic nitrogens is 2. The molecule has 0 fully saturated rings. The van der Waals surface area contributed by atoms with E-state index in [1.807, 2.05) is 18.2 Å². The Morgan fingerprint density at radius 1 is 1.12 bits per heavy atom. The van der Waals surface area contributed by atoms with E-state index < -0.39 is 0 Å². The van der Waals surface area contributed by atoms with E-state index in [1.165, 1.54) is 38.4 Å². The second-order valence-electron chi connectivity index (χ2n) is 5.92. The lowest BCUT2D eigenvalue weighted by Gasteiger charge is -2.01. The molecule has 2 aromatic rings. The number of guanidine groups is 1. The minimum atomic E-state index is 0.305.